The van der Waals surface area contributed by atoms with E-state index in [1.165, 1.54) is 0 Å². The normalized spacial score (nSPS) is 13.7. The molecule has 37 heavy (non-hydrogen) atoms. The SMILES string of the molecule is COCCOCOC[C@@H](C(=O)N[C@H](C)c1ccccc1)c1ccc(O[Si](C(C)C)(C(C)C)C(C)C)cc1. The van der Waals surface area contributed by atoms with Crippen LogP contribution in [0.3, 0.4) is 0 Å². The Bertz CT molecular complexity index is 896. The number of amides is 1. The van der Waals surface area contributed by atoms with E-state index in [0.29, 0.717) is 29.8 Å². The van der Waals surface area contributed by atoms with Gasteiger partial charge in [-0.3, -0.25) is 4.79 Å². The highest BCUT2D eigenvalue weighted by molar-refractivity contribution is 6.78. The third kappa shape index (κ3) is 8.67. The van der Waals surface area contributed by atoms with Gasteiger partial charge in [-0.1, -0.05) is 84.0 Å². The number of carbonyl (C=O) groups excluding carboxylic acids is 1. The van der Waals surface area contributed by atoms with Gasteiger partial charge in [-0.05, 0) is 46.8 Å². The standard InChI is InChI=1S/C30H47NO5Si/c1-22(2)37(23(3)4,24(5)6)36-28-16-14-27(15-17-28)29(20-35-21-34-19-18-33-8)30(32)31-25(7)26-12-10-9-11-13-26/h9-17,22-25,29H,18-21H2,1-8H3,(H,31,32)/t25-,29-/m1/s1. The minimum absolute atomic E-state index is 0.0859. The Hall–Kier alpha value is -2.19. The maximum absolute atomic E-state index is 13.4. The van der Waals surface area contributed by atoms with E-state index in [0.717, 1.165) is 16.9 Å². The van der Waals surface area contributed by atoms with Crippen LogP contribution in [0.1, 0.15) is 71.6 Å². The third-order valence-electron chi connectivity index (χ3n) is 7.14. The Morgan fingerprint density at radius 1 is 0.784 bits per heavy atom. The molecule has 0 aliphatic rings. The van der Waals surface area contributed by atoms with Crippen molar-refractivity contribution in [1.29, 1.82) is 0 Å². The summed E-state index contributed by atoms with van der Waals surface area (Å²) in [5.74, 6) is 0.304. The Morgan fingerprint density at radius 2 is 1.38 bits per heavy atom. The van der Waals surface area contributed by atoms with Gasteiger partial charge in [-0.2, -0.15) is 0 Å². The van der Waals surface area contributed by atoms with Crippen molar-refractivity contribution in [3.8, 4) is 5.75 Å². The van der Waals surface area contributed by atoms with Crippen LogP contribution in [0.5, 0.6) is 5.75 Å². The van der Waals surface area contributed by atoms with Crippen LogP contribution < -0.4 is 9.74 Å². The number of carbonyl (C=O) groups is 1. The van der Waals surface area contributed by atoms with Crippen LogP contribution in [-0.4, -0.2) is 47.9 Å². The molecule has 0 heterocycles. The highest BCUT2D eigenvalue weighted by Gasteiger charge is 2.47. The van der Waals surface area contributed by atoms with Crippen molar-refractivity contribution in [3.05, 3.63) is 65.7 Å². The first-order valence-corrected chi connectivity index (χ1v) is 15.6. The predicted molar refractivity (Wildman–Crippen MR) is 153 cm³/mol. The Balaban J connectivity index is 2.20. The molecule has 2 rings (SSSR count). The topological polar surface area (TPSA) is 66.0 Å². The minimum atomic E-state index is -2.06. The van der Waals surface area contributed by atoms with Crippen LogP contribution >= 0.6 is 0 Å². The van der Waals surface area contributed by atoms with E-state index in [-0.39, 0.29) is 25.3 Å². The number of rotatable bonds is 16. The van der Waals surface area contributed by atoms with E-state index < -0.39 is 14.2 Å². The second-order valence-electron chi connectivity index (χ2n) is 10.6. The summed E-state index contributed by atoms with van der Waals surface area (Å²) in [6.07, 6.45) is 0. The largest absolute Gasteiger partial charge is 0.543 e. The van der Waals surface area contributed by atoms with Crippen LogP contribution in [0, 0.1) is 0 Å². The van der Waals surface area contributed by atoms with Crippen LogP contribution in [-0.2, 0) is 19.0 Å². The Morgan fingerprint density at radius 3 is 1.92 bits per heavy atom. The lowest BCUT2D eigenvalue weighted by Gasteiger charge is -2.42. The molecule has 0 fully saturated rings. The molecule has 0 aliphatic heterocycles. The predicted octanol–water partition coefficient (Wildman–Crippen LogP) is 6.84. The molecule has 0 unspecified atom stereocenters. The second kappa shape index (κ2) is 15.3. The first kappa shape index (κ1) is 31.0. The van der Waals surface area contributed by atoms with Gasteiger partial charge >= 0.3 is 0 Å². The summed E-state index contributed by atoms with van der Waals surface area (Å²) in [6, 6.07) is 17.8. The zero-order valence-corrected chi connectivity index (χ0v) is 25.0. The van der Waals surface area contributed by atoms with Crippen molar-refractivity contribution in [2.45, 2.75) is 77.0 Å². The summed E-state index contributed by atoms with van der Waals surface area (Å²) in [7, 11) is -0.435. The van der Waals surface area contributed by atoms with E-state index in [9.17, 15) is 4.79 Å². The summed E-state index contributed by atoms with van der Waals surface area (Å²) < 4.78 is 23.0. The van der Waals surface area contributed by atoms with Gasteiger partial charge in [0, 0.05) is 7.11 Å². The van der Waals surface area contributed by atoms with Crippen LogP contribution in [0.25, 0.3) is 0 Å². The summed E-state index contributed by atoms with van der Waals surface area (Å²) in [5, 5.41) is 3.15. The van der Waals surface area contributed by atoms with Gasteiger partial charge < -0.3 is 24.0 Å². The first-order valence-electron chi connectivity index (χ1n) is 13.4. The quantitative estimate of drug-likeness (QED) is 0.146. The van der Waals surface area contributed by atoms with Gasteiger partial charge in [-0.25, -0.2) is 0 Å². The molecule has 2 atom stereocenters. The van der Waals surface area contributed by atoms with E-state index in [1.807, 2.05) is 61.5 Å². The average Bonchev–Trinajstić information content (AvgIpc) is 2.87. The lowest BCUT2D eigenvalue weighted by molar-refractivity contribution is -0.127. The van der Waals surface area contributed by atoms with E-state index in [2.05, 4.69) is 46.9 Å². The molecular weight excluding hydrogens is 482 g/mol. The molecule has 0 aliphatic carbocycles. The molecule has 0 spiro atoms. The highest BCUT2D eigenvalue weighted by Crippen LogP contribution is 2.42. The number of nitrogens with one attached hydrogen (secondary N) is 1. The molecule has 6 nitrogen and oxygen atoms in total. The fourth-order valence-corrected chi connectivity index (χ4v) is 10.5. The fraction of sp³-hybridized carbons (Fsp3) is 0.567. The number of ether oxygens (including phenoxy) is 3. The number of methoxy groups -OCH3 is 1. The van der Waals surface area contributed by atoms with E-state index >= 15 is 0 Å². The number of hydrogen-bond donors (Lipinski definition) is 1. The monoisotopic (exact) mass is 529 g/mol. The van der Waals surface area contributed by atoms with Crippen molar-refractivity contribution < 1.29 is 23.4 Å². The summed E-state index contributed by atoms with van der Waals surface area (Å²) >= 11 is 0. The first-order chi connectivity index (χ1) is 17.6. The van der Waals surface area contributed by atoms with Crippen LogP contribution in [0.15, 0.2) is 54.6 Å². The number of hydrogen-bond acceptors (Lipinski definition) is 5. The van der Waals surface area contributed by atoms with Crippen LogP contribution in [0.2, 0.25) is 16.6 Å². The lowest BCUT2D eigenvalue weighted by atomic mass is 9.98. The summed E-state index contributed by atoms with van der Waals surface area (Å²) in [4.78, 5) is 13.4. The van der Waals surface area contributed by atoms with Gasteiger partial charge in [0.2, 0.25) is 5.91 Å². The molecule has 0 saturated heterocycles. The third-order valence-corrected chi connectivity index (χ3v) is 13.1. The smallest absolute Gasteiger partial charge is 0.258 e. The van der Waals surface area contributed by atoms with Gasteiger partial charge in [0.05, 0.1) is 31.8 Å². The summed E-state index contributed by atoms with van der Waals surface area (Å²) in [6.45, 7) is 16.9. The lowest BCUT2D eigenvalue weighted by Crippen LogP contribution is -2.50. The average molecular weight is 530 g/mol. The molecule has 0 radical (unpaired) electrons. The van der Waals surface area contributed by atoms with Gasteiger partial charge in [-0.15, -0.1) is 0 Å². The molecule has 1 N–H and O–H groups in total. The fourth-order valence-electron chi connectivity index (χ4n) is 5.21. The Labute approximate surface area is 225 Å². The van der Waals surface area contributed by atoms with Crippen molar-refractivity contribution in [1.82, 2.24) is 5.32 Å². The number of benzene rings is 2. The molecule has 2 aromatic carbocycles. The highest BCUT2D eigenvalue weighted by atomic mass is 28.4. The van der Waals surface area contributed by atoms with Gasteiger partial charge in [0.25, 0.3) is 8.32 Å². The van der Waals surface area contributed by atoms with Crippen molar-refractivity contribution in [2.24, 2.45) is 0 Å². The molecule has 7 heteroatoms. The summed E-state index contributed by atoms with van der Waals surface area (Å²) in [5.41, 5.74) is 3.39. The van der Waals surface area contributed by atoms with Crippen molar-refractivity contribution >= 4 is 14.2 Å². The van der Waals surface area contributed by atoms with Crippen LogP contribution in [0.4, 0.5) is 0 Å². The van der Waals surface area contributed by atoms with Crippen molar-refractivity contribution in [2.75, 3.05) is 33.7 Å². The zero-order chi connectivity index (χ0) is 27.4. The molecular formula is C30H47NO5Si. The van der Waals surface area contributed by atoms with Gasteiger partial charge in [0.1, 0.15) is 12.5 Å². The molecule has 0 saturated carbocycles. The molecule has 206 valence electrons. The van der Waals surface area contributed by atoms with E-state index in [1.54, 1.807) is 7.11 Å². The second-order valence-corrected chi connectivity index (χ2v) is 15.9. The molecule has 0 bridgehead atoms. The Kier molecular flexibility index (Phi) is 12.8. The minimum Gasteiger partial charge on any atom is -0.543 e. The molecule has 2 aromatic rings. The molecule has 1 amide bonds. The maximum Gasteiger partial charge on any atom is 0.258 e. The maximum atomic E-state index is 13.4. The van der Waals surface area contributed by atoms with E-state index in [4.69, 9.17) is 18.6 Å². The van der Waals surface area contributed by atoms with Crippen molar-refractivity contribution in [3.63, 3.8) is 0 Å². The zero-order valence-electron chi connectivity index (χ0n) is 24.0. The molecule has 0 aromatic heterocycles. The van der Waals surface area contributed by atoms with Gasteiger partial charge in [0.15, 0.2) is 0 Å².